The first-order chi connectivity index (χ1) is 24.5. The molecule has 0 spiro atoms. The van der Waals surface area contributed by atoms with E-state index < -0.39 is 17.1 Å². The van der Waals surface area contributed by atoms with Crippen LogP contribution in [0.15, 0.2) is 114 Å². The van der Waals surface area contributed by atoms with Gasteiger partial charge < -0.3 is 21.3 Å². The molecule has 0 saturated heterocycles. The Kier molecular flexibility index (Phi) is 12.3. The SMILES string of the molecule is Cc1c(C(=O)Nc2ccccc2)sc(NC(=O)C(C)Sc2cccc(NC(=O)/C(=C\c3cccc(Cl)c3Cl)NC(=O)c3ccccc3)c2)c1C#N. The first-order valence-corrected chi connectivity index (χ1v) is 17.8. The lowest BCUT2D eigenvalue weighted by molar-refractivity contribution is -0.115. The van der Waals surface area contributed by atoms with Crippen LogP contribution in [0.4, 0.5) is 16.4 Å². The molecule has 0 aliphatic heterocycles. The molecule has 0 radical (unpaired) electrons. The number of nitrogens with one attached hydrogen (secondary N) is 4. The summed E-state index contributed by atoms with van der Waals surface area (Å²) in [6.07, 6.45) is 1.44. The van der Waals surface area contributed by atoms with Crippen molar-refractivity contribution in [1.29, 1.82) is 5.26 Å². The summed E-state index contributed by atoms with van der Waals surface area (Å²) in [5.41, 5.74) is 2.41. The highest BCUT2D eigenvalue weighted by molar-refractivity contribution is 8.00. The van der Waals surface area contributed by atoms with Gasteiger partial charge in [0.1, 0.15) is 16.8 Å². The van der Waals surface area contributed by atoms with E-state index in [1.54, 1.807) is 111 Å². The summed E-state index contributed by atoms with van der Waals surface area (Å²) < 4.78 is 0. The van der Waals surface area contributed by atoms with Crippen LogP contribution in [0.3, 0.4) is 0 Å². The van der Waals surface area contributed by atoms with Crippen LogP contribution in [0.2, 0.25) is 10.0 Å². The summed E-state index contributed by atoms with van der Waals surface area (Å²) >= 11 is 14.8. The van der Waals surface area contributed by atoms with Crippen molar-refractivity contribution in [1.82, 2.24) is 5.32 Å². The molecule has 4 aromatic carbocycles. The monoisotopic (exact) mass is 753 g/mol. The Hall–Kier alpha value is -5.38. The average molecular weight is 755 g/mol. The number of thioether (sulfide) groups is 1. The standard InChI is InChI=1S/C38H29Cl2N5O4S2/c1-22-29(21-41)38(51-33(22)37(49)42-26-14-7-4-8-15-26)45-34(46)23(2)50-28-17-10-16-27(20-28)43-36(48)31(19-25-13-9-18-30(39)32(25)40)44-35(47)24-11-5-3-6-12-24/h3-20,23H,1-2H3,(H,42,49)(H,43,48)(H,44,47)(H,45,46)/b31-19+. The number of anilines is 3. The third kappa shape index (κ3) is 9.45. The highest BCUT2D eigenvalue weighted by Gasteiger charge is 2.24. The molecule has 0 aliphatic rings. The van der Waals surface area contributed by atoms with Gasteiger partial charge >= 0.3 is 0 Å². The van der Waals surface area contributed by atoms with Crippen LogP contribution in [0, 0.1) is 18.3 Å². The maximum Gasteiger partial charge on any atom is 0.272 e. The second-order valence-electron chi connectivity index (χ2n) is 10.9. The van der Waals surface area contributed by atoms with Crippen LogP contribution in [-0.4, -0.2) is 28.9 Å². The number of para-hydroxylation sites is 1. The van der Waals surface area contributed by atoms with Crippen LogP contribution < -0.4 is 21.3 Å². The molecular weight excluding hydrogens is 725 g/mol. The van der Waals surface area contributed by atoms with Crippen LogP contribution >= 0.6 is 46.3 Å². The van der Waals surface area contributed by atoms with Gasteiger partial charge in [-0.15, -0.1) is 23.1 Å². The minimum Gasteiger partial charge on any atom is -0.321 e. The van der Waals surface area contributed by atoms with Crippen LogP contribution in [-0.2, 0) is 9.59 Å². The molecule has 4 amide bonds. The van der Waals surface area contributed by atoms with Crippen molar-refractivity contribution in [2.45, 2.75) is 24.0 Å². The molecule has 256 valence electrons. The normalized spacial score (nSPS) is 11.5. The Morgan fingerprint density at radius 3 is 2.20 bits per heavy atom. The summed E-state index contributed by atoms with van der Waals surface area (Å²) in [6, 6.07) is 31.3. The van der Waals surface area contributed by atoms with E-state index in [2.05, 4.69) is 27.3 Å². The van der Waals surface area contributed by atoms with Crippen molar-refractivity contribution in [3.63, 3.8) is 0 Å². The molecule has 1 heterocycles. The molecular formula is C38H29Cl2N5O4S2. The van der Waals surface area contributed by atoms with Gasteiger partial charge in [0.05, 0.1) is 25.7 Å². The van der Waals surface area contributed by atoms with E-state index in [4.69, 9.17) is 23.2 Å². The van der Waals surface area contributed by atoms with Gasteiger partial charge in [-0.05, 0) is 79.6 Å². The van der Waals surface area contributed by atoms with E-state index >= 15 is 0 Å². The van der Waals surface area contributed by atoms with E-state index in [-0.39, 0.29) is 38.1 Å². The number of rotatable bonds is 11. The fourth-order valence-electron chi connectivity index (χ4n) is 4.71. The van der Waals surface area contributed by atoms with E-state index in [0.717, 1.165) is 11.3 Å². The number of amides is 4. The number of hydrogen-bond acceptors (Lipinski definition) is 7. The van der Waals surface area contributed by atoms with Gasteiger partial charge in [0.25, 0.3) is 17.7 Å². The largest absolute Gasteiger partial charge is 0.321 e. The molecule has 5 aromatic rings. The molecule has 0 fully saturated rings. The molecule has 13 heteroatoms. The zero-order valence-corrected chi connectivity index (χ0v) is 30.3. The second-order valence-corrected chi connectivity index (χ2v) is 14.2. The summed E-state index contributed by atoms with van der Waals surface area (Å²) in [6.45, 7) is 3.37. The zero-order chi connectivity index (χ0) is 36.5. The zero-order valence-electron chi connectivity index (χ0n) is 27.1. The van der Waals surface area contributed by atoms with Gasteiger partial charge in [-0.3, -0.25) is 19.2 Å². The maximum atomic E-state index is 13.6. The van der Waals surface area contributed by atoms with Crippen molar-refractivity contribution in [3.8, 4) is 6.07 Å². The fraction of sp³-hybridized carbons (Fsp3) is 0.0789. The number of benzene rings is 4. The summed E-state index contributed by atoms with van der Waals surface area (Å²) in [5.74, 6) is -1.87. The lowest BCUT2D eigenvalue weighted by Gasteiger charge is -2.14. The predicted molar refractivity (Wildman–Crippen MR) is 206 cm³/mol. The van der Waals surface area contributed by atoms with Crippen molar-refractivity contribution in [3.05, 3.63) is 146 Å². The molecule has 4 N–H and O–H groups in total. The van der Waals surface area contributed by atoms with E-state index in [1.807, 2.05) is 6.07 Å². The Morgan fingerprint density at radius 2 is 1.49 bits per heavy atom. The molecule has 1 atom stereocenters. The maximum absolute atomic E-state index is 13.6. The van der Waals surface area contributed by atoms with Gasteiger partial charge in [-0.25, -0.2) is 0 Å². The lowest BCUT2D eigenvalue weighted by atomic mass is 10.1. The molecule has 5 rings (SSSR count). The third-order valence-electron chi connectivity index (χ3n) is 7.32. The molecule has 1 unspecified atom stereocenters. The Balaban J connectivity index is 1.29. The van der Waals surface area contributed by atoms with Gasteiger partial charge in [-0.1, -0.05) is 77.8 Å². The summed E-state index contributed by atoms with van der Waals surface area (Å²) in [5, 5.41) is 21.1. The first-order valence-electron chi connectivity index (χ1n) is 15.3. The minimum absolute atomic E-state index is 0.0739. The van der Waals surface area contributed by atoms with Gasteiger partial charge in [0.15, 0.2) is 0 Å². The number of thiophene rings is 1. The Bertz CT molecular complexity index is 2180. The lowest BCUT2D eigenvalue weighted by Crippen LogP contribution is -2.30. The minimum atomic E-state index is -0.628. The molecule has 0 bridgehead atoms. The highest BCUT2D eigenvalue weighted by atomic mass is 35.5. The third-order valence-corrected chi connectivity index (χ3v) is 10.5. The topological polar surface area (TPSA) is 140 Å². The van der Waals surface area contributed by atoms with Crippen LogP contribution in [0.1, 0.15) is 43.6 Å². The van der Waals surface area contributed by atoms with E-state index in [0.29, 0.717) is 37.8 Å². The van der Waals surface area contributed by atoms with Gasteiger partial charge in [0.2, 0.25) is 5.91 Å². The molecule has 9 nitrogen and oxygen atoms in total. The number of carbonyl (C=O) groups is 4. The molecule has 0 saturated carbocycles. The quantitative estimate of drug-likeness (QED) is 0.0784. The van der Waals surface area contributed by atoms with Gasteiger partial charge in [0, 0.05) is 21.8 Å². The van der Waals surface area contributed by atoms with Crippen LogP contribution in [0.25, 0.3) is 6.08 Å². The number of halogens is 2. The average Bonchev–Trinajstić information content (AvgIpc) is 3.44. The van der Waals surface area contributed by atoms with Crippen molar-refractivity contribution >= 4 is 92.4 Å². The second kappa shape index (κ2) is 17.0. The van der Waals surface area contributed by atoms with Crippen LogP contribution in [0.5, 0.6) is 0 Å². The number of carbonyl (C=O) groups excluding carboxylic acids is 4. The predicted octanol–water partition coefficient (Wildman–Crippen LogP) is 9.02. The molecule has 1 aromatic heterocycles. The number of nitrogens with zero attached hydrogens (tertiary/aromatic N) is 1. The van der Waals surface area contributed by atoms with Crippen molar-refractivity contribution in [2.75, 3.05) is 16.0 Å². The van der Waals surface area contributed by atoms with Crippen molar-refractivity contribution < 1.29 is 19.2 Å². The summed E-state index contributed by atoms with van der Waals surface area (Å²) in [4.78, 5) is 53.8. The molecule has 0 aliphatic carbocycles. The summed E-state index contributed by atoms with van der Waals surface area (Å²) in [7, 11) is 0. The van der Waals surface area contributed by atoms with E-state index in [1.165, 1.54) is 17.8 Å². The van der Waals surface area contributed by atoms with Gasteiger partial charge in [-0.2, -0.15) is 5.26 Å². The number of hydrogen-bond donors (Lipinski definition) is 4. The Morgan fingerprint density at radius 1 is 0.824 bits per heavy atom. The number of nitriles is 1. The Labute approximate surface area is 312 Å². The fourth-order valence-corrected chi connectivity index (χ4v) is 7.05. The highest BCUT2D eigenvalue weighted by Crippen LogP contribution is 2.35. The first kappa shape index (κ1) is 36.9. The van der Waals surface area contributed by atoms with Crippen molar-refractivity contribution in [2.24, 2.45) is 0 Å². The molecule has 51 heavy (non-hydrogen) atoms. The smallest absolute Gasteiger partial charge is 0.272 e. The van der Waals surface area contributed by atoms with E-state index in [9.17, 15) is 24.4 Å².